The van der Waals surface area contributed by atoms with Gasteiger partial charge in [0, 0.05) is 31.0 Å². The summed E-state index contributed by atoms with van der Waals surface area (Å²) in [4.78, 5) is 15.2. The van der Waals surface area contributed by atoms with E-state index < -0.39 is 0 Å². The minimum atomic E-state index is -0.0586. The van der Waals surface area contributed by atoms with E-state index in [4.69, 9.17) is 14.2 Å². The van der Waals surface area contributed by atoms with Crippen molar-refractivity contribution in [3.63, 3.8) is 0 Å². The molecule has 1 atom stereocenters. The molecular formula is C23H30N2O4S. The lowest BCUT2D eigenvalue weighted by Gasteiger charge is -2.35. The Morgan fingerprint density at radius 1 is 1.13 bits per heavy atom. The Morgan fingerprint density at radius 3 is 2.60 bits per heavy atom. The van der Waals surface area contributed by atoms with Gasteiger partial charge in [-0.25, -0.2) is 0 Å². The highest BCUT2D eigenvalue weighted by Gasteiger charge is 2.24. The molecule has 1 unspecified atom stereocenters. The van der Waals surface area contributed by atoms with Crippen molar-refractivity contribution in [3.8, 4) is 11.5 Å². The maximum absolute atomic E-state index is 12.8. The molecule has 1 N–H and O–H groups in total. The van der Waals surface area contributed by atoms with E-state index in [1.807, 2.05) is 42.5 Å². The van der Waals surface area contributed by atoms with Crippen LogP contribution in [0, 0.1) is 0 Å². The highest BCUT2D eigenvalue weighted by Crippen LogP contribution is 2.32. The lowest BCUT2D eigenvalue weighted by atomic mass is 10.0. The van der Waals surface area contributed by atoms with Gasteiger partial charge in [0.1, 0.15) is 0 Å². The SMILES string of the molecule is COc1ccc(C(CNC(=O)c2cccc(CSC)c2)N2CCOCC2)cc1OC. The Morgan fingerprint density at radius 2 is 1.90 bits per heavy atom. The zero-order chi connectivity index (χ0) is 21.3. The van der Waals surface area contributed by atoms with E-state index >= 15 is 0 Å². The van der Waals surface area contributed by atoms with Gasteiger partial charge in [-0.15, -0.1) is 0 Å². The summed E-state index contributed by atoms with van der Waals surface area (Å²) < 4.78 is 16.4. The first-order valence-corrected chi connectivity index (χ1v) is 11.5. The molecule has 162 valence electrons. The van der Waals surface area contributed by atoms with Gasteiger partial charge in [0.25, 0.3) is 5.91 Å². The Kier molecular flexibility index (Phi) is 8.42. The second-order valence-electron chi connectivity index (χ2n) is 7.12. The molecule has 0 aliphatic carbocycles. The first-order valence-electron chi connectivity index (χ1n) is 10.1. The van der Waals surface area contributed by atoms with Crippen LogP contribution in [0.5, 0.6) is 11.5 Å². The average Bonchev–Trinajstić information content (AvgIpc) is 2.80. The second-order valence-corrected chi connectivity index (χ2v) is 7.99. The van der Waals surface area contributed by atoms with Crippen molar-refractivity contribution in [2.45, 2.75) is 11.8 Å². The Balaban J connectivity index is 1.78. The summed E-state index contributed by atoms with van der Waals surface area (Å²) in [6.07, 6.45) is 2.06. The van der Waals surface area contributed by atoms with Gasteiger partial charge in [0.15, 0.2) is 11.5 Å². The summed E-state index contributed by atoms with van der Waals surface area (Å²) in [5.41, 5.74) is 2.92. The number of morpholine rings is 1. The number of nitrogens with zero attached hydrogens (tertiary/aromatic N) is 1. The second kappa shape index (κ2) is 11.2. The normalized spacial score (nSPS) is 15.4. The van der Waals surface area contributed by atoms with Crippen molar-refractivity contribution < 1.29 is 19.0 Å². The lowest BCUT2D eigenvalue weighted by molar-refractivity contribution is 0.0162. The number of carbonyl (C=O) groups excluding carboxylic acids is 1. The molecule has 0 spiro atoms. The van der Waals surface area contributed by atoms with Crippen LogP contribution >= 0.6 is 11.8 Å². The number of hydrogen-bond acceptors (Lipinski definition) is 6. The van der Waals surface area contributed by atoms with Gasteiger partial charge in [-0.05, 0) is 41.6 Å². The fraction of sp³-hybridized carbons (Fsp3) is 0.435. The van der Waals surface area contributed by atoms with E-state index in [0.29, 0.717) is 36.8 Å². The van der Waals surface area contributed by atoms with Crippen LogP contribution in [0.2, 0.25) is 0 Å². The highest BCUT2D eigenvalue weighted by molar-refractivity contribution is 7.97. The molecule has 1 aliphatic rings. The zero-order valence-corrected chi connectivity index (χ0v) is 18.7. The van der Waals surface area contributed by atoms with Gasteiger partial charge in [0.05, 0.1) is 33.5 Å². The number of benzene rings is 2. The van der Waals surface area contributed by atoms with Crippen LogP contribution in [-0.4, -0.2) is 64.1 Å². The maximum Gasteiger partial charge on any atom is 0.251 e. The molecule has 0 aromatic heterocycles. The van der Waals surface area contributed by atoms with Crippen molar-refractivity contribution in [1.82, 2.24) is 10.2 Å². The molecule has 30 heavy (non-hydrogen) atoms. The predicted octanol–water partition coefficient (Wildman–Crippen LogP) is 3.37. The molecule has 0 radical (unpaired) electrons. The van der Waals surface area contributed by atoms with Gasteiger partial charge in [-0.3, -0.25) is 9.69 Å². The van der Waals surface area contributed by atoms with Crippen molar-refractivity contribution in [1.29, 1.82) is 0 Å². The number of amides is 1. The van der Waals surface area contributed by atoms with E-state index in [1.165, 1.54) is 0 Å². The number of hydrogen-bond donors (Lipinski definition) is 1. The van der Waals surface area contributed by atoms with Crippen LogP contribution in [0.25, 0.3) is 0 Å². The minimum absolute atomic E-state index is 0.0204. The smallest absolute Gasteiger partial charge is 0.251 e. The summed E-state index contributed by atoms with van der Waals surface area (Å²) >= 11 is 1.74. The van der Waals surface area contributed by atoms with E-state index in [1.54, 1.807) is 26.0 Å². The Hall–Kier alpha value is -2.22. The summed E-state index contributed by atoms with van der Waals surface area (Å²) in [7, 11) is 3.26. The first-order chi connectivity index (χ1) is 14.7. The van der Waals surface area contributed by atoms with Crippen molar-refractivity contribution in [2.24, 2.45) is 0 Å². The fourth-order valence-electron chi connectivity index (χ4n) is 3.67. The topological polar surface area (TPSA) is 60.0 Å². The molecule has 0 bridgehead atoms. The van der Waals surface area contributed by atoms with Crippen molar-refractivity contribution >= 4 is 17.7 Å². The highest BCUT2D eigenvalue weighted by atomic mass is 32.2. The molecule has 2 aromatic carbocycles. The first kappa shape index (κ1) is 22.5. The van der Waals surface area contributed by atoms with Crippen LogP contribution in [0.4, 0.5) is 0 Å². The van der Waals surface area contributed by atoms with Crippen LogP contribution < -0.4 is 14.8 Å². The molecule has 1 aliphatic heterocycles. The molecule has 1 amide bonds. The van der Waals surface area contributed by atoms with Crippen LogP contribution in [0.1, 0.15) is 27.5 Å². The third kappa shape index (κ3) is 5.68. The van der Waals surface area contributed by atoms with Gasteiger partial charge in [-0.2, -0.15) is 11.8 Å². The third-order valence-electron chi connectivity index (χ3n) is 5.23. The van der Waals surface area contributed by atoms with Gasteiger partial charge in [-0.1, -0.05) is 18.2 Å². The molecule has 7 heteroatoms. The number of rotatable bonds is 9. The summed E-state index contributed by atoms with van der Waals surface area (Å²) in [5, 5.41) is 3.13. The monoisotopic (exact) mass is 430 g/mol. The molecule has 1 heterocycles. The maximum atomic E-state index is 12.8. The molecule has 0 saturated carbocycles. The van der Waals surface area contributed by atoms with Crippen molar-refractivity contribution in [2.75, 3.05) is 53.3 Å². The summed E-state index contributed by atoms with van der Waals surface area (Å²) in [6.45, 7) is 3.51. The van der Waals surface area contributed by atoms with Crippen LogP contribution in [0.15, 0.2) is 42.5 Å². The molecule has 1 fully saturated rings. The number of ether oxygens (including phenoxy) is 3. The predicted molar refractivity (Wildman–Crippen MR) is 121 cm³/mol. The molecule has 6 nitrogen and oxygen atoms in total. The molecule has 2 aromatic rings. The van der Waals surface area contributed by atoms with Crippen LogP contribution in [-0.2, 0) is 10.5 Å². The lowest BCUT2D eigenvalue weighted by Crippen LogP contribution is -2.43. The standard InChI is InChI=1S/C23H30N2O4S/c1-27-21-8-7-18(14-22(21)28-2)20(25-9-11-29-12-10-25)15-24-23(26)19-6-4-5-17(13-19)16-30-3/h4-8,13-14,20H,9-12,15-16H2,1-3H3,(H,24,26). The molecular weight excluding hydrogens is 400 g/mol. The van der Waals surface area contributed by atoms with E-state index in [2.05, 4.69) is 16.5 Å². The van der Waals surface area contributed by atoms with E-state index in [-0.39, 0.29) is 11.9 Å². The fourth-order valence-corrected chi connectivity index (χ4v) is 4.18. The van der Waals surface area contributed by atoms with E-state index in [0.717, 1.165) is 30.0 Å². The summed E-state index contributed by atoms with van der Waals surface area (Å²) in [5.74, 6) is 2.21. The molecule has 3 rings (SSSR count). The van der Waals surface area contributed by atoms with Gasteiger partial charge in [0.2, 0.25) is 0 Å². The Bertz CT molecular complexity index is 840. The van der Waals surface area contributed by atoms with Gasteiger partial charge >= 0.3 is 0 Å². The minimum Gasteiger partial charge on any atom is -0.493 e. The number of nitrogens with one attached hydrogen (secondary N) is 1. The third-order valence-corrected chi connectivity index (χ3v) is 5.86. The largest absolute Gasteiger partial charge is 0.493 e. The van der Waals surface area contributed by atoms with Crippen LogP contribution in [0.3, 0.4) is 0 Å². The molecule has 1 saturated heterocycles. The number of methoxy groups -OCH3 is 2. The van der Waals surface area contributed by atoms with Gasteiger partial charge < -0.3 is 19.5 Å². The Labute approximate surface area is 182 Å². The number of carbonyl (C=O) groups is 1. The average molecular weight is 431 g/mol. The van der Waals surface area contributed by atoms with E-state index in [9.17, 15) is 4.79 Å². The van der Waals surface area contributed by atoms with Crippen molar-refractivity contribution in [3.05, 3.63) is 59.2 Å². The summed E-state index contributed by atoms with van der Waals surface area (Å²) in [6, 6.07) is 13.8. The number of thioether (sulfide) groups is 1. The zero-order valence-electron chi connectivity index (χ0n) is 17.8. The quantitative estimate of drug-likeness (QED) is 0.658.